The van der Waals surface area contributed by atoms with Crippen molar-refractivity contribution in [3.05, 3.63) is 0 Å². The zero-order chi connectivity index (χ0) is 7.11. The summed E-state index contributed by atoms with van der Waals surface area (Å²) < 4.78 is 0. The predicted octanol–water partition coefficient (Wildman–Crippen LogP) is -0.646. The van der Waals surface area contributed by atoms with Gasteiger partial charge in [-0.3, -0.25) is 4.79 Å². The first-order chi connectivity index (χ1) is 4.31. The lowest BCUT2D eigenvalue weighted by Gasteiger charge is -2.09. The number of rotatable bonds is 5. The van der Waals surface area contributed by atoms with Crippen LogP contribution in [-0.4, -0.2) is 36.3 Å². The largest absolute Gasteiger partial charge is 0.346 e. The van der Waals surface area contributed by atoms with Crippen LogP contribution >= 0.6 is 0 Å². The summed E-state index contributed by atoms with van der Waals surface area (Å²) in [5, 5.41) is 12.2. The van der Waals surface area contributed by atoms with Crippen LogP contribution in [0.25, 0.3) is 0 Å². The number of likely N-dealkylation sites (N-methyl/N-ethyl adjacent to an activating group) is 1. The molecule has 0 atom stereocenters. The second-order valence-corrected chi connectivity index (χ2v) is 1.58. The minimum absolute atomic E-state index is 0.438. The summed E-state index contributed by atoms with van der Waals surface area (Å²) in [7, 11) is 0. The molecular weight excluding hydrogens is 120 g/mol. The van der Waals surface area contributed by atoms with Gasteiger partial charge in [0.15, 0.2) is 0 Å². The number of nitrogens with one attached hydrogen (secondary N) is 1. The van der Waals surface area contributed by atoms with Gasteiger partial charge in [0.05, 0.1) is 0 Å². The standard InChI is InChI=1S/C5H11N2O2/c1-2-7(9)4-3-6-5-8/h9H,2-4H2,1H3,(H,6,8). The predicted molar refractivity (Wildman–Crippen MR) is 32.7 cm³/mol. The first kappa shape index (κ1) is 8.39. The van der Waals surface area contributed by atoms with E-state index in [1.807, 2.05) is 6.92 Å². The van der Waals surface area contributed by atoms with Gasteiger partial charge in [0.1, 0.15) is 0 Å². The molecule has 4 heteroatoms. The molecule has 0 aliphatic carbocycles. The first-order valence-corrected chi connectivity index (χ1v) is 2.85. The van der Waals surface area contributed by atoms with Crippen LogP contribution in [-0.2, 0) is 4.79 Å². The fourth-order valence-corrected chi connectivity index (χ4v) is 0.394. The molecule has 1 amide bonds. The third kappa shape index (κ3) is 5.26. The molecule has 0 aromatic carbocycles. The van der Waals surface area contributed by atoms with E-state index in [0.717, 1.165) is 5.06 Å². The molecule has 0 bridgehead atoms. The summed E-state index contributed by atoms with van der Waals surface area (Å²) >= 11 is 0. The monoisotopic (exact) mass is 131 g/mol. The van der Waals surface area contributed by atoms with Gasteiger partial charge in [0.25, 0.3) is 0 Å². The van der Waals surface area contributed by atoms with Gasteiger partial charge in [-0.2, -0.15) is 5.06 Å². The van der Waals surface area contributed by atoms with Crippen molar-refractivity contribution in [2.24, 2.45) is 0 Å². The second-order valence-electron chi connectivity index (χ2n) is 1.58. The maximum atomic E-state index is 9.54. The van der Waals surface area contributed by atoms with Crippen molar-refractivity contribution in [1.82, 2.24) is 10.4 Å². The quantitative estimate of drug-likeness (QED) is 0.296. The zero-order valence-corrected chi connectivity index (χ0v) is 5.42. The van der Waals surface area contributed by atoms with Gasteiger partial charge in [0, 0.05) is 19.6 Å². The van der Waals surface area contributed by atoms with E-state index < -0.39 is 0 Å². The van der Waals surface area contributed by atoms with Crippen molar-refractivity contribution in [3.8, 4) is 0 Å². The average molecular weight is 131 g/mol. The van der Waals surface area contributed by atoms with Crippen LogP contribution in [0.1, 0.15) is 6.92 Å². The van der Waals surface area contributed by atoms with Gasteiger partial charge in [-0.25, -0.2) is 0 Å². The number of hydrogen-bond donors (Lipinski definition) is 2. The van der Waals surface area contributed by atoms with E-state index in [1.54, 1.807) is 0 Å². The summed E-state index contributed by atoms with van der Waals surface area (Å²) in [6.45, 7) is 3.28. The maximum Gasteiger partial charge on any atom is 0.309 e. The number of amides is 1. The molecule has 0 aromatic heterocycles. The fraction of sp³-hybridized carbons (Fsp3) is 0.800. The molecule has 0 fully saturated rings. The van der Waals surface area contributed by atoms with E-state index in [9.17, 15) is 4.79 Å². The molecular formula is C5H11N2O2. The molecule has 0 heterocycles. The molecule has 0 saturated carbocycles. The summed E-state index contributed by atoms with van der Waals surface area (Å²) in [5.74, 6) is 0. The van der Waals surface area contributed by atoms with Crippen molar-refractivity contribution in [2.75, 3.05) is 19.6 Å². The molecule has 0 aliphatic rings. The van der Waals surface area contributed by atoms with E-state index in [-0.39, 0.29) is 0 Å². The molecule has 53 valence electrons. The van der Waals surface area contributed by atoms with Crippen molar-refractivity contribution in [3.63, 3.8) is 0 Å². The van der Waals surface area contributed by atoms with Gasteiger partial charge >= 0.3 is 6.41 Å². The van der Waals surface area contributed by atoms with Gasteiger partial charge in [-0.15, -0.1) is 0 Å². The molecule has 4 nitrogen and oxygen atoms in total. The highest BCUT2D eigenvalue weighted by molar-refractivity contribution is 5.46. The lowest BCUT2D eigenvalue weighted by atomic mass is 10.6. The SMILES string of the molecule is CCN(O)CCN[C]=O. The van der Waals surface area contributed by atoms with E-state index in [2.05, 4.69) is 5.32 Å². The third-order valence-corrected chi connectivity index (χ3v) is 0.932. The Kier molecular flexibility index (Phi) is 5.15. The van der Waals surface area contributed by atoms with Crippen molar-refractivity contribution in [2.45, 2.75) is 6.92 Å². The molecule has 0 aliphatic heterocycles. The highest BCUT2D eigenvalue weighted by Gasteiger charge is 1.92. The Bertz CT molecular complexity index is 77.4. The minimum atomic E-state index is 0.438. The van der Waals surface area contributed by atoms with E-state index in [4.69, 9.17) is 5.21 Å². The Labute approximate surface area is 54.4 Å². The van der Waals surface area contributed by atoms with Crippen LogP contribution in [0.4, 0.5) is 0 Å². The Morgan fingerprint density at radius 2 is 2.44 bits per heavy atom. The molecule has 1 radical (unpaired) electrons. The van der Waals surface area contributed by atoms with Crippen LogP contribution in [0, 0.1) is 0 Å². The topological polar surface area (TPSA) is 52.6 Å². The van der Waals surface area contributed by atoms with Crippen LogP contribution in [0.2, 0.25) is 0 Å². The summed E-state index contributed by atoms with van der Waals surface area (Å²) in [4.78, 5) is 9.54. The van der Waals surface area contributed by atoms with E-state index >= 15 is 0 Å². The molecule has 0 unspecified atom stereocenters. The van der Waals surface area contributed by atoms with Crippen LogP contribution < -0.4 is 5.32 Å². The highest BCUT2D eigenvalue weighted by atomic mass is 16.5. The number of hydroxylamine groups is 2. The average Bonchev–Trinajstić information content (AvgIpc) is 1.89. The van der Waals surface area contributed by atoms with Gasteiger partial charge in [0.2, 0.25) is 0 Å². The molecule has 9 heavy (non-hydrogen) atoms. The van der Waals surface area contributed by atoms with Crippen LogP contribution in [0.3, 0.4) is 0 Å². The van der Waals surface area contributed by atoms with Crippen LogP contribution in [0.5, 0.6) is 0 Å². The number of carbonyl (C=O) groups excluding carboxylic acids is 1. The Hall–Kier alpha value is -0.610. The van der Waals surface area contributed by atoms with Crippen molar-refractivity contribution >= 4 is 6.41 Å². The van der Waals surface area contributed by atoms with Gasteiger partial charge < -0.3 is 10.5 Å². The Morgan fingerprint density at radius 1 is 1.78 bits per heavy atom. The van der Waals surface area contributed by atoms with Crippen molar-refractivity contribution < 1.29 is 10.0 Å². The molecule has 2 N–H and O–H groups in total. The minimum Gasteiger partial charge on any atom is -0.346 e. The second kappa shape index (κ2) is 5.53. The molecule has 0 rings (SSSR count). The Balaban J connectivity index is 2.96. The fourth-order valence-electron chi connectivity index (χ4n) is 0.394. The Morgan fingerprint density at radius 3 is 2.89 bits per heavy atom. The summed E-state index contributed by atoms with van der Waals surface area (Å²) in [6.07, 6.45) is 1.51. The molecule has 0 aromatic rings. The number of hydrogen-bond acceptors (Lipinski definition) is 3. The maximum absolute atomic E-state index is 9.54. The summed E-state index contributed by atoms with van der Waals surface area (Å²) in [6, 6.07) is 0. The highest BCUT2D eigenvalue weighted by Crippen LogP contribution is 1.74. The van der Waals surface area contributed by atoms with Crippen LogP contribution in [0.15, 0.2) is 0 Å². The number of nitrogens with zero attached hydrogens (tertiary/aromatic N) is 1. The van der Waals surface area contributed by atoms with Crippen molar-refractivity contribution in [1.29, 1.82) is 0 Å². The van der Waals surface area contributed by atoms with E-state index in [1.165, 1.54) is 6.41 Å². The lowest BCUT2D eigenvalue weighted by Crippen LogP contribution is -2.28. The first-order valence-electron chi connectivity index (χ1n) is 2.85. The van der Waals surface area contributed by atoms with Gasteiger partial charge in [-0.05, 0) is 0 Å². The smallest absolute Gasteiger partial charge is 0.309 e. The normalized spacial score (nSPS) is 9.67. The lowest BCUT2D eigenvalue weighted by molar-refractivity contribution is -0.0838. The van der Waals surface area contributed by atoms with E-state index in [0.29, 0.717) is 19.6 Å². The summed E-state index contributed by atoms with van der Waals surface area (Å²) in [5.41, 5.74) is 0. The molecule has 0 spiro atoms. The van der Waals surface area contributed by atoms with Gasteiger partial charge in [-0.1, -0.05) is 6.92 Å². The third-order valence-electron chi connectivity index (χ3n) is 0.932. The zero-order valence-electron chi connectivity index (χ0n) is 5.42. The molecule has 0 saturated heterocycles.